The summed E-state index contributed by atoms with van der Waals surface area (Å²) in [6.07, 6.45) is 2.02. The number of rotatable bonds is 6. The largest absolute Gasteiger partial charge is 0.497 e. The Balaban J connectivity index is 1.76. The molecule has 0 aliphatic carbocycles. The van der Waals surface area contributed by atoms with Crippen molar-refractivity contribution in [1.29, 1.82) is 0 Å². The van der Waals surface area contributed by atoms with Gasteiger partial charge >= 0.3 is 0 Å². The highest BCUT2D eigenvalue weighted by atomic mass is 16.5. The molecule has 3 rings (SSSR count). The minimum Gasteiger partial charge on any atom is -0.497 e. The first-order valence-corrected chi connectivity index (χ1v) is 9.42. The molecule has 1 amide bonds. The summed E-state index contributed by atoms with van der Waals surface area (Å²) in [5.74, 6) is 1.64. The van der Waals surface area contributed by atoms with Gasteiger partial charge < -0.3 is 14.4 Å². The Morgan fingerprint density at radius 2 is 1.89 bits per heavy atom. The fraction of sp³-hybridized carbons (Fsp3) is 0.409. The first-order chi connectivity index (χ1) is 13.0. The number of ether oxygens (including phenoxy) is 2. The summed E-state index contributed by atoms with van der Waals surface area (Å²) >= 11 is 0. The quantitative estimate of drug-likeness (QED) is 0.844. The first-order valence-electron chi connectivity index (χ1n) is 9.42. The number of nitrogens with one attached hydrogen (secondary N) is 1. The molecule has 0 fully saturated rings. The van der Waals surface area contributed by atoms with Crippen molar-refractivity contribution in [2.75, 3.05) is 25.7 Å². The van der Waals surface area contributed by atoms with Crippen LogP contribution in [-0.4, -0.2) is 32.7 Å². The molecule has 0 saturated heterocycles. The van der Waals surface area contributed by atoms with Crippen molar-refractivity contribution in [3.8, 4) is 11.5 Å². The lowest BCUT2D eigenvalue weighted by molar-refractivity contribution is -0.120. The number of anilines is 1. The number of amides is 1. The van der Waals surface area contributed by atoms with Gasteiger partial charge in [0.15, 0.2) is 0 Å². The Labute approximate surface area is 161 Å². The van der Waals surface area contributed by atoms with Gasteiger partial charge in [-0.2, -0.15) is 0 Å². The summed E-state index contributed by atoms with van der Waals surface area (Å²) in [6.45, 7) is 4.71. The molecule has 2 aromatic rings. The van der Waals surface area contributed by atoms with E-state index in [4.69, 9.17) is 9.47 Å². The number of fused-ring (bicyclic) bond motifs is 1. The van der Waals surface area contributed by atoms with E-state index >= 15 is 0 Å². The van der Waals surface area contributed by atoms with Crippen molar-refractivity contribution in [2.24, 2.45) is 0 Å². The summed E-state index contributed by atoms with van der Waals surface area (Å²) in [5, 5.41) is 3.42. The number of benzene rings is 2. The zero-order valence-corrected chi connectivity index (χ0v) is 16.5. The van der Waals surface area contributed by atoms with Gasteiger partial charge in [-0.3, -0.25) is 10.1 Å². The van der Waals surface area contributed by atoms with Crippen LogP contribution in [0, 0.1) is 0 Å². The predicted octanol–water partition coefficient (Wildman–Crippen LogP) is 3.72. The Hall–Kier alpha value is -2.53. The average molecular weight is 368 g/mol. The van der Waals surface area contributed by atoms with E-state index in [-0.39, 0.29) is 18.0 Å². The molecule has 1 N–H and O–H groups in total. The molecule has 0 bridgehead atoms. The number of aryl methyl sites for hydroxylation is 1. The van der Waals surface area contributed by atoms with E-state index in [9.17, 15) is 4.79 Å². The van der Waals surface area contributed by atoms with Gasteiger partial charge in [0.1, 0.15) is 11.5 Å². The number of carbonyl (C=O) groups excluding carboxylic acids is 1. The van der Waals surface area contributed by atoms with E-state index in [1.165, 1.54) is 5.56 Å². The minimum atomic E-state index is -0.318. The smallest absolute Gasteiger partial charge is 0.243 e. The Morgan fingerprint density at radius 1 is 1.11 bits per heavy atom. The number of carbonyl (C=O) groups is 1. The number of hydrogen-bond donors (Lipinski definition) is 1. The van der Waals surface area contributed by atoms with Gasteiger partial charge in [-0.25, -0.2) is 0 Å². The highest BCUT2D eigenvalue weighted by molar-refractivity contribution is 5.98. The molecule has 0 spiro atoms. The molecule has 144 valence electrons. The molecule has 1 aliphatic heterocycles. The fourth-order valence-corrected chi connectivity index (χ4v) is 3.71. The van der Waals surface area contributed by atoms with Crippen molar-refractivity contribution in [1.82, 2.24) is 5.32 Å². The first kappa shape index (κ1) is 19.2. The highest BCUT2D eigenvalue weighted by Crippen LogP contribution is 2.30. The number of methoxy groups -OCH3 is 2. The third kappa shape index (κ3) is 4.08. The standard InChI is InChI=1S/C22H28N2O3/c1-15(19-14-18(26-3)11-12-21(19)27-4)23-16(2)22(25)24-13-7-9-17-8-5-6-10-20(17)24/h5-6,8,10-12,14-16,23H,7,9,13H2,1-4H3. The van der Waals surface area contributed by atoms with Crippen LogP contribution in [0.25, 0.3) is 0 Å². The van der Waals surface area contributed by atoms with Crippen LogP contribution in [0.4, 0.5) is 5.69 Å². The van der Waals surface area contributed by atoms with Crippen molar-refractivity contribution >= 4 is 11.6 Å². The van der Waals surface area contributed by atoms with Crippen molar-refractivity contribution in [2.45, 2.75) is 38.8 Å². The predicted molar refractivity (Wildman–Crippen MR) is 108 cm³/mol. The van der Waals surface area contributed by atoms with Crippen LogP contribution in [0.1, 0.15) is 37.4 Å². The van der Waals surface area contributed by atoms with Crippen LogP contribution in [-0.2, 0) is 11.2 Å². The van der Waals surface area contributed by atoms with Gasteiger partial charge in [-0.15, -0.1) is 0 Å². The maximum absolute atomic E-state index is 13.1. The molecule has 0 radical (unpaired) electrons. The van der Waals surface area contributed by atoms with E-state index in [2.05, 4.69) is 11.4 Å². The molecular weight excluding hydrogens is 340 g/mol. The number of para-hydroxylation sites is 1. The molecule has 2 aromatic carbocycles. The van der Waals surface area contributed by atoms with Crippen LogP contribution in [0.2, 0.25) is 0 Å². The molecule has 0 aromatic heterocycles. The molecule has 0 saturated carbocycles. The molecule has 5 heteroatoms. The number of hydrogen-bond acceptors (Lipinski definition) is 4. The van der Waals surface area contributed by atoms with Crippen LogP contribution >= 0.6 is 0 Å². The second kappa shape index (κ2) is 8.44. The van der Waals surface area contributed by atoms with Crippen molar-refractivity contribution in [3.63, 3.8) is 0 Å². The second-order valence-corrected chi connectivity index (χ2v) is 6.94. The van der Waals surface area contributed by atoms with E-state index in [1.54, 1.807) is 14.2 Å². The summed E-state index contributed by atoms with van der Waals surface area (Å²) in [6, 6.07) is 13.5. The maximum atomic E-state index is 13.1. The molecule has 2 atom stereocenters. The lowest BCUT2D eigenvalue weighted by Crippen LogP contribution is -2.47. The fourth-order valence-electron chi connectivity index (χ4n) is 3.71. The molecular formula is C22H28N2O3. The van der Waals surface area contributed by atoms with Crippen LogP contribution in [0.5, 0.6) is 11.5 Å². The van der Waals surface area contributed by atoms with Gasteiger partial charge in [0.05, 0.1) is 20.3 Å². The van der Waals surface area contributed by atoms with E-state index in [1.807, 2.05) is 55.1 Å². The zero-order valence-electron chi connectivity index (χ0n) is 16.5. The van der Waals surface area contributed by atoms with E-state index in [0.29, 0.717) is 0 Å². The Morgan fingerprint density at radius 3 is 2.63 bits per heavy atom. The summed E-state index contributed by atoms with van der Waals surface area (Å²) in [7, 11) is 3.29. The van der Waals surface area contributed by atoms with Crippen LogP contribution < -0.4 is 19.7 Å². The molecule has 1 heterocycles. The average Bonchev–Trinajstić information content (AvgIpc) is 2.72. The van der Waals surface area contributed by atoms with Gasteiger partial charge in [-0.05, 0) is 56.5 Å². The highest BCUT2D eigenvalue weighted by Gasteiger charge is 2.27. The van der Waals surface area contributed by atoms with Crippen LogP contribution in [0.15, 0.2) is 42.5 Å². The SMILES string of the molecule is COc1ccc(OC)c(C(C)NC(C)C(=O)N2CCCc3ccccc32)c1. The van der Waals surface area contributed by atoms with Crippen LogP contribution in [0.3, 0.4) is 0 Å². The van der Waals surface area contributed by atoms with E-state index in [0.717, 1.165) is 42.1 Å². The van der Waals surface area contributed by atoms with E-state index < -0.39 is 0 Å². The Kier molecular flexibility index (Phi) is 6.01. The molecule has 1 aliphatic rings. The maximum Gasteiger partial charge on any atom is 0.243 e. The number of nitrogens with zero attached hydrogens (tertiary/aromatic N) is 1. The van der Waals surface area contributed by atoms with Gasteiger partial charge in [0.25, 0.3) is 0 Å². The van der Waals surface area contributed by atoms with Gasteiger partial charge in [0, 0.05) is 23.8 Å². The lowest BCUT2D eigenvalue weighted by Gasteiger charge is -2.32. The topological polar surface area (TPSA) is 50.8 Å². The lowest BCUT2D eigenvalue weighted by atomic mass is 10.0. The normalized spacial score (nSPS) is 15.6. The zero-order chi connectivity index (χ0) is 19.4. The summed E-state index contributed by atoms with van der Waals surface area (Å²) in [5.41, 5.74) is 3.25. The molecule has 2 unspecified atom stereocenters. The van der Waals surface area contributed by atoms with Gasteiger partial charge in [-0.1, -0.05) is 18.2 Å². The minimum absolute atomic E-state index is 0.0611. The Bertz CT molecular complexity index is 806. The van der Waals surface area contributed by atoms with Crippen molar-refractivity contribution in [3.05, 3.63) is 53.6 Å². The van der Waals surface area contributed by atoms with Crippen molar-refractivity contribution < 1.29 is 14.3 Å². The van der Waals surface area contributed by atoms with Gasteiger partial charge in [0.2, 0.25) is 5.91 Å². The summed E-state index contributed by atoms with van der Waals surface area (Å²) < 4.78 is 10.8. The third-order valence-electron chi connectivity index (χ3n) is 5.15. The molecule has 27 heavy (non-hydrogen) atoms. The second-order valence-electron chi connectivity index (χ2n) is 6.94. The summed E-state index contributed by atoms with van der Waals surface area (Å²) in [4.78, 5) is 15.0. The molecule has 5 nitrogen and oxygen atoms in total. The monoisotopic (exact) mass is 368 g/mol. The third-order valence-corrected chi connectivity index (χ3v) is 5.15.